The van der Waals surface area contributed by atoms with E-state index in [4.69, 9.17) is 5.73 Å². The van der Waals surface area contributed by atoms with Crippen LogP contribution in [0, 0.1) is 0 Å². The van der Waals surface area contributed by atoms with E-state index in [0.29, 0.717) is 17.4 Å². The van der Waals surface area contributed by atoms with Gasteiger partial charge in [-0.3, -0.25) is 4.79 Å². The molecule has 1 aromatic carbocycles. The van der Waals surface area contributed by atoms with Crippen molar-refractivity contribution in [1.82, 2.24) is 4.98 Å². The summed E-state index contributed by atoms with van der Waals surface area (Å²) in [7, 11) is 0. The van der Waals surface area contributed by atoms with Gasteiger partial charge in [-0.15, -0.1) is 0 Å². The van der Waals surface area contributed by atoms with Crippen molar-refractivity contribution in [3.8, 4) is 5.75 Å². The number of thiazole rings is 1. The smallest absolute Gasteiger partial charge is 0.226 e. The number of fused-ring (bicyclic) bond motifs is 1. The Bertz CT molecular complexity index is 624. The number of benzene rings is 1. The molecule has 18 heavy (non-hydrogen) atoms. The van der Waals surface area contributed by atoms with Crippen molar-refractivity contribution in [3.63, 3.8) is 0 Å². The number of aromatic nitrogens is 1. The Morgan fingerprint density at radius 2 is 2.33 bits per heavy atom. The lowest BCUT2D eigenvalue weighted by Crippen LogP contribution is -2.22. The molecule has 0 saturated carbocycles. The van der Waals surface area contributed by atoms with Crippen LogP contribution in [0.1, 0.15) is 22.8 Å². The third-order valence-electron chi connectivity index (χ3n) is 2.91. The molecule has 1 aliphatic rings. The highest BCUT2D eigenvalue weighted by Crippen LogP contribution is 2.41. The van der Waals surface area contributed by atoms with Gasteiger partial charge in [-0.1, -0.05) is 23.5 Å². The number of nitrogen functional groups attached to an aromatic ring is 1. The molecular formula is C12H11N3O2S. The summed E-state index contributed by atoms with van der Waals surface area (Å²) in [5, 5.41) is 12.7. The molecule has 0 spiro atoms. The van der Waals surface area contributed by atoms with Crippen LogP contribution in [0.15, 0.2) is 24.3 Å². The van der Waals surface area contributed by atoms with Crippen LogP contribution >= 0.6 is 11.3 Å². The van der Waals surface area contributed by atoms with Crippen LogP contribution in [0.5, 0.6) is 5.75 Å². The molecule has 6 heteroatoms. The Morgan fingerprint density at radius 1 is 1.50 bits per heavy atom. The topological polar surface area (TPSA) is 88.2 Å². The number of carbonyl (C=O) groups is 1. The first kappa shape index (κ1) is 11.0. The molecule has 3 rings (SSSR count). The number of nitrogens with one attached hydrogen (secondary N) is 1. The van der Waals surface area contributed by atoms with Gasteiger partial charge in [0.05, 0.1) is 4.88 Å². The number of nitrogens with two attached hydrogens (primary N) is 1. The van der Waals surface area contributed by atoms with E-state index in [9.17, 15) is 9.90 Å². The second-order valence-corrected chi connectivity index (χ2v) is 5.23. The molecular weight excluding hydrogens is 250 g/mol. The van der Waals surface area contributed by atoms with Gasteiger partial charge in [-0.2, -0.15) is 0 Å². The van der Waals surface area contributed by atoms with Crippen molar-refractivity contribution in [2.24, 2.45) is 0 Å². The maximum atomic E-state index is 11.7. The maximum absolute atomic E-state index is 11.7. The molecule has 92 valence electrons. The molecule has 5 nitrogen and oxygen atoms in total. The Morgan fingerprint density at radius 3 is 3.11 bits per heavy atom. The molecule has 1 aliphatic heterocycles. The van der Waals surface area contributed by atoms with Crippen LogP contribution in [0.4, 0.5) is 10.9 Å². The number of nitrogens with zero attached hydrogens (tertiary/aromatic N) is 1. The summed E-state index contributed by atoms with van der Waals surface area (Å²) < 4.78 is 0. The first-order valence-electron chi connectivity index (χ1n) is 5.48. The van der Waals surface area contributed by atoms with E-state index in [2.05, 4.69) is 10.3 Å². The normalized spacial score (nSPS) is 18.2. The van der Waals surface area contributed by atoms with Crippen LogP contribution in [0.2, 0.25) is 0 Å². The Hall–Kier alpha value is -2.08. The predicted molar refractivity (Wildman–Crippen MR) is 69.7 cm³/mol. The molecule has 0 radical (unpaired) electrons. The van der Waals surface area contributed by atoms with E-state index in [1.807, 2.05) is 6.07 Å². The molecule has 0 saturated heterocycles. The number of amides is 1. The van der Waals surface area contributed by atoms with E-state index in [1.54, 1.807) is 18.2 Å². The molecule has 1 atom stereocenters. The molecule has 1 aromatic heterocycles. The average molecular weight is 261 g/mol. The zero-order valence-electron chi connectivity index (χ0n) is 9.38. The summed E-state index contributed by atoms with van der Waals surface area (Å²) in [6.45, 7) is 0. The van der Waals surface area contributed by atoms with Gasteiger partial charge >= 0.3 is 0 Å². The van der Waals surface area contributed by atoms with Crippen molar-refractivity contribution in [2.45, 2.75) is 12.3 Å². The third-order valence-corrected chi connectivity index (χ3v) is 3.90. The monoisotopic (exact) mass is 261 g/mol. The summed E-state index contributed by atoms with van der Waals surface area (Å²) in [5.74, 6) is 0.566. The molecule has 2 heterocycles. The molecule has 0 unspecified atom stereocenters. The largest absolute Gasteiger partial charge is 0.508 e. The average Bonchev–Trinajstić information content (AvgIpc) is 2.68. The van der Waals surface area contributed by atoms with Gasteiger partial charge in [0, 0.05) is 12.3 Å². The standard InChI is InChI=1S/C12H11N3O2S/c13-12-15-11-10(18-12)8(5-9(17)14-11)6-2-1-3-7(16)4-6/h1-4,8,16H,5H2,(H2,13,15)(H,14,17)/t8-/m0/s1. The summed E-state index contributed by atoms with van der Waals surface area (Å²) in [6, 6.07) is 6.93. The number of carbonyl (C=O) groups excluding carboxylic acids is 1. The van der Waals surface area contributed by atoms with Crippen LogP contribution < -0.4 is 11.1 Å². The molecule has 0 aliphatic carbocycles. The lowest BCUT2D eigenvalue weighted by Gasteiger charge is -2.21. The zero-order chi connectivity index (χ0) is 12.7. The minimum absolute atomic E-state index is 0.0823. The van der Waals surface area contributed by atoms with E-state index < -0.39 is 0 Å². The van der Waals surface area contributed by atoms with Crippen molar-refractivity contribution >= 4 is 28.2 Å². The number of phenols is 1. The predicted octanol–water partition coefficient (Wildman–Crippen LogP) is 1.91. The highest BCUT2D eigenvalue weighted by atomic mass is 32.1. The zero-order valence-corrected chi connectivity index (χ0v) is 10.2. The second-order valence-electron chi connectivity index (χ2n) is 4.16. The molecule has 1 amide bonds. The quantitative estimate of drug-likeness (QED) is 0.731. The van der Waals surface area contributed by atoms with Crippen LogP contribution in [-0.4, -0.2) is 16.0 Å². The van der Waals surface area contributed by atoms with Crippen LogP contribution in [-0.2, 0) is 4.79 Å². The fourth-order valence-electron chi connectivity index (χ4n) is 2.15. The molecule has 0 fully saturated rings. The fraction of sp³-hybridized carbons (Fsp3) is 0.167. The summed E-state index contributed by atoms with van der Waals surface area (Å²) in [6.07, 6.45) is 0.345. The number of hydrogen-bond donors (Lipinski definition) is 3. The van der Waals surface area contributed by atoms with Gasteiger partial charge < -0.3 is 16.2 Å². The van der Waals surface area contributed by atoms with Crippen LogP contribution in [0.3, 0.4) is 0 Å². The first-order valence-corrected chi connectivity index (χ1v) is 6.30. The fourth-order valence-corrected chi connectivity index (χ4v) is 3.06. The summed E-state index contributed by atoms with van der Waals surface area (Å²) in [4.78, 5) is 16.7. The minimum atomic E-state index is -0.0874. The Kier molecular flexibility index (Phi) is 2.45. The van der Waals surface area contributed by atoms with Crippen molar-refractivity contribution in [2.75, 3.05) is 11.1 Å². The van der Waals surface area contributed by atoms with E-state index in [-0.39, 0.29) is 17.6 Å². The van der Waals surface area contributed by atoms with Gasteiger partial charge in [0.2, 0.25) is 5.91 Å². The van der Waals surface area contributed by atoms with Gasteiger partial charge in [0.15, 0.2) is 5.13 Å². The number of rotatable bonds is 1. The lowest BCUT2D eigenvalue weighted by atomic mass is 9.91. The minimum Gasteiger partial charge on any atom is -0.508 e. The third kappa shape index (κ3) is 1.80. The summed E-state index contributed by atoms with van der Waals surface area (Å²) >= 11 is 1.37. The van der Waals surface area contributed by atoms with Crippen molar-refractivity contribution < 1.29 is 9.90 Å². The van der Waals surface area contributed by atoms with Crippen molar-refractivity contribution in [3.05, 3.63) is 34.7 Å². The SMILES string of the molecule is Nc1nc2c(s1)[C@H](c1cccc(O)c1)CC(=O)N2. The van der Waals surface area contributed by atoms with Gasteiger partial charge in [0.25, 0.3) is 0 Å². The van der Waals surface area contributed by atoms with Crippen molar-refractivity contribution in [1.29, 1.82) is 0 Å². The van der Waals surface area contributed by atoms with Gasteiger partial charge in [-0.25, -0.2) is 4.98 Å². The Labute approximate surface area is 107 Å². The maximum Gasteiger partial charge on any atom is 0.226 e. The Balaban J connectivity index is 2.09. The van der Waals surface area contributed by atoms with E-state index in [1.165, 1.54) is 11.3 Å². The van der Waals surface area contributed by atoms with Crippen LogP contribution in [0.25, 0.3) is 0 Å². The van der Waals surface area contributed by atoms with E-state index >= 15 is 0 Å². The molecule has 0 bridgehead atoms. The molecule has 2 aromatic rings. The van der Waals surface area contributed by atoms with E-state index in [0.717, 1.165) is 10.4 Å². The first-order chi connectivity index (χ1) is 8.63. The highest BCUT2D eigenvalue weighted by molar-refractivity contribution is 7.16. The lowest BCUT2D eigenvalue weighted by molar-refractivity contribution is -0.116. The van der Waals surface area contributed by atoms with Gasteiger partial charge in [-0.05, 0) is 17.7 Å². The number of anilines is 2. The number of aromatic hydroxyl groups is 1. The summed E-state index contributed by atoms with van der Waals surface area (Å²) in [5.41, 5.74) is 6.58. The number of phenolic OH excluding ortho intramolecular Hbond substituents is 1. The molecule has 4 N–H and O–H groups in total. The highest BCUT2D eigenvalue weighted by Gasteiger charge is 2.29. The van der Waals surface area contributed by atoms with Gasteiger partial charge in [0.1, 0.15) is 11.6 Å². The second kappa shape index (κ2) is 3.99. The number of hydrogen-bond acceptors (Lipinski definition) is 5.